The van der Waals surface area contributed by atoms with Crippen molar-refractivity contribution < 1.29 is 9.59 Å². The minimum Gasteiger partial charge on any atom is -0.355 e. The number of aromatic nitrogens is 2. The number of nitrogens with zero attached hydrogens (tertiary/aromatic N) is 3. The predicted octanol–water partition coefficient (Wildman–Crippen LogP) is 0.926. The molecule has 1 aliphatic heterocycles. The van der Waals surface area contributed by atoms with Gasteiger partial charge in [0.05, 0.1) is 11.6 Å². The quantitative estimate of drug-likeness (QED) is 0.878. The van der Waals surface area contributed by atoms with Crippen molar-refractivity contribution in [3.05, 3.63) is 24.3 Å². The number of hydrogen-bond donors (Lipinski definition) is 1. The van der Waals surface area contributed by atoms with Gasteiger partial charge in [-0.2, -0.15) is 0 Å². The van der Waals surface area contributed by atoms with E-state index in [0.29, 0.717) is 32.0 Å². The van der Waals surface area contributed by atoms with Crippen LogP contribution in [0.25, 0.3) is 0 Å². The van der Waals surface area contributed by atoms with Crippen LogP contribution in [0, 0.1) is 5.92 Å². The minimum absolute atomic E-state index is 0.0160. The molecule has 2 aliphatic rings. The summed E-state index contributed by atoms with van der Waals surface area (Å²) in [6.45, 7) is 1.12. The summed E-state index contributed by atoms with van der Waals surface area (Å²) in [6, 6.07) is 0.366. The van der Waals surface area contributed by atoms with Gasteiger partial charge in [-0.05, 0) is 12.8 Å². The first-order chi connectivity index (χ1) is 10.7. The smallest absolute Gasteiger partial charge is 0.225 e. The number of carbonyl (C=O) groups is 2. The number of likely N-dealkylation sites (tertiary alicyclic amines) is 1. The van der Waals surface area contributed by atoms with Crippen LogP contribution in [0.5, 0.6) is 0 Å². The lowest BCUT2D eigenvalue weighted by Gasteiger charge is -2.23. The Kier molecular flexibility index (Phi) is 4.65. The number of nitrogens with one attached hydrogen (secondary N) is 1. The summed E-state index contributed by atoms with van der Waals surface area (Å²) in [7, 11) is 0. The third kappa shape index (κ3) is 3.43. The van der Waals surface area contributed by atoms with E-state index in [9.17, 15) is 9.59 Å². The Labute approximate surface area is 130 Å². The molecule has 118 valence electrons. The zero-order valence-corrected chi connectivity index (χ0v) is 12.7. The second-order valence-electron chi connectivity index (χ2n) is 6.12. The molecule has 6 heteroatoms. The fraction of sp³-hybridized carbons (Fsp3) is 0.625. The number of hydrogen-bond acceptors (Lipinski definition) is 4. The lowest BCUT2D eigenvalue weighted by molar-refractivity contribution is -0.130. The molecule has 0 aromatic carbocycles. The predicted molar refractivity (Wildman–Crippen MR) is 80.8 cm³/mol. The van der Waals surface area contributed by atoms with Gasteiger partial charge in [-0.15, -0.1) is 0 Å². The first-order valence-electron chi connectivity index (χ1n) is 8.06. The van der Waals surface area contributed by atoms with Gasteiger partial charge < -0.3 is 10.2 Å². The van der Waals surface area contributed by atoms with E-state index >= 15 is 0 Å². The summed E-state index contributed by atoms with van der Waals surface area (Å²) in [6.07, 6.45) is 10.6. The van der Waals surface area contributed by atoms with E-state index in [4.69, 9.17) is 0 Å². The van der Waals surface area contributed by atoms with E-state index in [-0.39, 0.29) is 17.7 Å². The largest absolute Gasteiger partial charge is 0.355 e. The van der Waals surface area contributed by atoms with E-state index < -0.39 is 0 Å². The fourth-order valence-corrected chi connectivity index (χ4v) is 3.39. The first kappa shape index (κ1) is 14.9. The molecule has 6 nitrogen and oxygen atoms in total. The van der Waals surface area contributed by atoms with Crippen LogP contribution in [0.4, 0.5) is 0 Å². The summed E-state index contributed by atoms with van der Waals surface area (Å²) in [4.78, 5) is 34.4. The zero-order chi connectivity index (χ0) is 15.4. The van der Waals surface area contributed by atoms with Crippen LogP contribution in [-0.2, 0) is 16.0 Å². The van der Waals surface area contributed by atoms with Crippen molar-refractivity contribution in [3.8, 4) is 0 Å². The molecule has 1 aromatic rings. The van der Waals surface area contributed by atoms with Crippen LogP contribution in [0.15, 0.2) is 18.6 Å². The molecule has 0 radical (unpaired) electrons. The lowest BCUT2D eigenvalue weighted by Crippen LogP contribution is -2.37. The van der Waals surface area contributed by atoms with Crippen molar-refractivity contribution in [1.82, 2.24) is 20.2 Å². The molecular weight excluding hydrogens is 280 g/mol. The Morgan fingerprint density at radius 3 is 2.86 bits per heavy atom. The highest BCUT2D eigenvalue weighted by molar-refractivity contribution is 5.89. The van der Waals surface area contributed by atoms with Crippen molar-refractivity contribution in [2.45, 2.75) is 44.6 Å². The van der Waals surface area contributed by atoms with Gasteiger partial charge in [-0.25, -0.2) is 0 Å². The summed E-state index contributed by atoms with van der Waals surface area (Å²) in [5.41, 5.74) is 0.859. The van der Waals surface area contributed by atoms with Crippen LogP contribution in [0.1, 0.15) is 37.8 Å². The average Bonchev–Trinajstić information content (AvgIpc) is 3.17. The zero-order valence-electron chi connectivity index (χ0n) is 12.7. The van der Waals surface area contributed by atoms with Crippen LogP contribution in [-0.4, -0.2) is 45.8 Å². The van der Waals surface area contributed by atoms with Gasteiger partial charge in [0.1, 0.15) is 0 Å². The van der Waals surface area contributed by atoms with Gasteiger partial charge in [0.25, 0.3) is 0 Å². The van der Waals surface area contributed by atoms with Crippen molar-refractivity contribution in [2.75, 3.05) is 13.1 Å². The highest BCUT2D eigenvalue weighted by Crippen LogP contribution is 2.29. The van der Waals surface area contributed by atoms with Crippen molar-refractivity contribution >= 4 is 11.8 Å². The van der Waals surface area contributed by atoms with E-state index in [1.165, 1.54) is 12.8 Å². The third-order valence-electron chi connectivity index (χ3n) is 4.59. The molecule has 0 bridgehead atoms. The van der Waals surface area contributed by atoms with Crippen molar-refractivity contribution in [2.24, 2.45) is 5.92 Å². The highest BCUT2D eigenvalue weighted by Gasteiger charge is 2.38. The lowest BCUT2D eigenvalue weighted by atomic mass is 10.1. The molecular formula is C16H22N4O2. The molecule has 0 spiro atoms. The third-order valence-corrected chi connectivity index (χ3v) is 4.59. The second kappa shape index (κ2) is 6.85. The topological polar surface area (TPSA) is 75.2 Å². The standard InChI is InChI=1S/C16H22N4O2/c21-15-9-12(11-20(15)14-3-1-2-4-14)16(22)19-6-5-13-10-17-7-8-18-13/h7-8,10,12,14H,1-6,9,11H2,(H,19,22)/t12-/m1/s1. The van der Waals surface area contributed by atoms with E-state index in [0.717, 1.165) is 18.5 Å². The van der Waals surface area contributed by atoms with Crippen LogP contribution >= 0.6 is 0 Å². The van der Waals surface area contributed by atoms with Crippen LogP contribution in [0.2, 0.25) is 0 Å². The van der Waals surface area contributed by atoms with Gasteiger partial charge in [0, 0.05) is 50.6 Å². The maximum Gasteiger partial charge on any atom is 0.225 e. The molecule has 1 aromatic heterocycles. The Morgan fingerprint density at radius 1 is 1.32 bits per heavy atom. The molecule has 2 heterocycles. The molecule has 3 rings (SSSR count). The molecule has 2 amide bonds. The summed E-state index contributed by atoms with van der Waals surface area (Å²) >= 11 is 0. The Hall–Kier alpha value is -1.98. The van der Waals surface area contributed by atoms with Gasteiger partial charge >= 0.3 is 0 Å². The first-order valence-corrected chi connectivity index (χ1v) is 8.06. The molecule has 1 atom stereocenters. The summed E-state index contributed by atoms with van der Waals surface area (Å²) < 4.78 is 0. The molecule has 22 heavy (non-hydrogen) atoms. The van der Waals surface area contributed by atoms with E-state index in [1.54, 1.807) is 18.6 Å². The van der Waals surface area contributed by atoms with E-state index in [1.807, 2.05) is 4.90 Å². The Bertz CT molecular complexity index is 528. The van der Waals surface area contributed by atoms with Crippen molar-refractivity contribution in [1.29, 1.82) is 0 Å². The molecule has 0 unspecified atom stereocenters. The molecule has 1 saturated heterocycles. The van der Waals surface area contributed by atoms with Crippen LogP contribution < -0.4 is 5.32 Å². The number of carbonyl (C=O) groups excluding carboxylic acids is 2. The van der Waals surface area contributed by atoms with E-state index in [2.05, 4.69) is 15.3 Å². The average molecular weight is 302 g/mol. The number of rotatable bonds is 5. The Morgan fingerprint density at radius 2 is 2.14 bits per heavy atom. The van der Waals surface area contributed by atoms with Gasteiger partial charge in [-0.3, -0.25) is 19.6 Å². The van der Waals surface area contributed by atoms with Crippen molar-refractivity contribution in [3.63, 3.8) is 0 Å². The molecule has 1 saturated carbocycles. The van der Waals surface area contributed by atoms with Gasteiger partial charge in [0.2, 0.25) is 11.8 Å². The summed E-state index contributed by atoms with van der Waals surface area (Å²) in [5.74, 6) is -0.0753. The molecule has 1 aliphatic carbocycles. The summed E-state index contributed by atoms with van der Waals surface area (Å²) in [5, 5.41) is 2.92. The number of amides is 2. The highest BCUT2D eigenvalue weighted by atomic mass is 16.2. The Balaban J connectivity index is 1.45. The second-order valence-corrected chi connectivity index (χ2v) is 6.12. The maximum absolute atomic E-state index is 12.2. The van der Waals surface area contributed by atoms with Gasteiger partial charge in [0.15, 0.2) is 0 Å². The minimum atomic E-state index is -0.199. The monoisotopic (exact) mass is 302 g/mol. The van der Waals surface area contributed by atoms with Gasteiger partial charge in [-0.1, -0.05) is 12.8 Å². The maximum atomic E-state index is 12.2. The normalized spacial score (nSPS) is 22.3. The fourth-order valence-electron chi connectivity index (χ4n) is 3.39. The molecule has 2 fully saturated rings. The van der Waals surface area contributed by atoms with Crippen LogP contribution in [0.3, 0.4) is 0 Å². The SMILES string of the molecule is O=C(NCCc1cnccn1)[C@@H]1CC(=O)N(C2CCCC2)C1. The molecule has 1 N–H and O–H groups in total.